The van der Waals surface area contributed by atoms with Gasteiger partial charge in [0.2, 0.25) is 0 Å². The Bertz CT molecular complexity index is 570. The van der Waals surface area contributed by atoms with Crippen molar-refractivity contribution in [2.24, 2.45) is 5.84 Å². The van der Waals surface area contributed by atoms with Crippen molar-refractivity contribution in [3.05, 3.63) is 46.2 Å². The minimum atomic E-state index is 0.0344. The summed E-state index contributed by atoms with van der Waals surface area (Å²) in [6, 6.07) is 10.3. The van der Waals surface area contributed by atoms with Crippen LogP contribution in [0, 0.1) is 6.92 Å². The number of fused-ring (bicyclic) bond motifs is 1. The Labute approximate surface area is 121 Å². The number of thioether (sulfide) groups is 1. The Hall–Kier alpha value is -1.01. The molecule has 100 valence electrons. The maximum Gasteiger partial charge on any atom is 0.133 e. The summed E-state index contributed by atoms with van der Waals surface area (Å²) < 4.78 is 6.11. The SMILES string of the molecule is Cc1sccc1C(NN)C1CSc2ccccc2O1. The van der Waals surface area contributed by atoms with Crippen LogP contribution in [0.25, 0.3) is 0 Å². The van der Waals surface area contributed by atoms with Crippen LogP contribution in [0.4, 0.5) is 0 Å². The number of hydrogen-bond acceptors (Lipinski definition) is 5. The van der Waals surface area contributed by atoms with E-state index in [2.05, 4.69) is 29.9 Å². The highest BCUT2D eigenvalue weighted by atomic mass is 32.2. The van der Waals surface area contributed by atoms with Gasteiger partial charge in [-0.05, 0) is 36.1 Å². The highest BCUT2D eigenvalue weighted by molar-refractivity contribution is 7.99. The minimum Gasteiger partial charge on any atom is -0.486 e. The topological polar surface area (TPSA) is 47.3 Å². The molecule has 5 heteroatoms. The predicted octanol–water partition coefficient (Wildman–Crippen LogP) is 3.11. The van der Waals surface area contributed by atoms with Crippen LogP contribution in [0.2, 0.25) is 0 Å². The van der Waals surface area contributed by atoms with Crippen molar-refractivity contribution in [3.8, 4) is 5.75 Å². The van der Waals surface area contributed by atoms with E-state index in [1.54, 1.807) is 11.3 Å². The summed E-state index contributed by atoms with van der Waals surface area (Å²) in [6.45, 7) is 2.12. The molecule has 0 amide bonds. The molecule has 19 heavy (non-hydrogen) atoms. The number of ether oxygens (including phenoxy) is 1. The molecule has 3 rings (SSSR count). The van der Waals surface area contributed by atoms with Gasteiger partial charge in [-0.25, -0.2) is 5.43 Å². The van der Waals surface area contributed by atoms with Crippen molar-refractivity contribution in [2.75, 3.05) is 5.75 Å². The fourth-order valence-corrected chi connectivity index (χ4v) is 4.10. The zero-order valence-corrected chi connectivity index (χ0v) is 12.3. The van der Waals surface area contributed by atoms with E-state index in [1.807, 2.05) is 30.0 Å². The summed E-state index contributed by atoms with van der Waals surface area (Å²) in [4.78, 5) is 2.49. The van der Waals surface area contributed by atoms with E-state index in [0.29, 0.717) is 0 Å². The highest BCUT2D eigenvalue weighted by Crippen LogP contribution is 2.39. The van der Waals surface area contributed by atoms with Gasteiger partial charge in [0.25, 0.3) is 0 Å². The number of nitrogens with two attached hydrogens (primary N) is 1. The minimum absolute atomic E-state index is 0.0344. The zero-order chi connectivity index (χ0) is 13.2. The van der Waals surface area contributed by atoms with Crippen LogP contribution < -0.4 is 16.0 Å². The first kappa shape index (κ1) is 13.0. The Morgan fingerprint density at radius 2 is 2.21 bits per heavy atom. The van der Waals surface area contributed by atoms with Crippen molar-refractivity contribution in [1.29, 1.82) is 0 Å². The van der Waals surface area contributed by atoms with E-state index in [1.165, 1.54) is 15.3 Å². The van der Waals surface area contributed by atoms with Crippen LogP contribution in [0.15, 0.2) is 40.6 Å². The molecule has 0 radical (unpaired) electrons. The second-order valence-electron chi connectivity index (χ2n) is 4.49. The fraction of sp³-hybridized carbons (Fsp3) is 0.286. The maximum atomic E-state index is 6.11. The zero-order valence-electron chi connectivity index (χ0n) is 10.6. The van der Waals surface area contributed by atoms with Gasteiger partial charge in [-0.1, -0.05) is 12.1 Å². The van der Waals surface area contributed by atoms with Gasteiger partial charge >= 0.3 is 0 Å². The molecule has 1 aliphatic rings. The van der Waals surface area contributed by atoms with Crippen LogP contribution in [-0.2, 0) is 0 Å². The summed E-state index contributed by atoms with van der Waals surface area (Å²) >= 11 is 3.57. The molecule has 1 aromatic carbocycles. The van der Waals surface area contributed by atoms with Gasteiger partial charge in [-0.3, -0.25) is 5.84 Å². The third-order valence-corrected chi connectivity index (χ3v) is 5.32. The van der Waals surface area contributed by atoms with E-state index in [9.17, 15) is 0 Å². The van der Waals surface area contributed by atoms with E-state index in [4.69, 9.17) is 10.6 Å². The maximum absolute atomic E-state index is 6.11. The third-order valence-electron chi connectivity index (χ3n) is 3.32. The summed E-state index contributed by atoms with van der Waals surface area (Å²) in [5, 5.41) is 2.10. The first-order valence-electron chi connectivity index (χ1n) is 6.18. The quantitative estimate of drug-likeness (QED) is 0.674. The van der Waals surface area contributed by atoms with Crippen molar-refractivity contribution < 1.29 is 4.74 Å². The first-order chi connectivity index (χ1) is 9.29. The molecule has 0 fully saturated rings. The second-order valence-corrected chi connectivity index (χ2v) is 6.67. The summed E-state index contributed by atoms with van der Waals surface area (Å²) in [5.74, 6) is 7.61. The number of rotatable bonds is 3. The van der Waals surface area contributed by atoms with E-state index >= 15 is 0 Å². The van der Waals surface area contributed by atoms with Crippen molar-refractivity contribution in [3.63, 3.8) is 0 Å². The molecule has 0 spiro atoms. The lowest BCUT2D eigenvalue weighted by atomic mass is 10.0. The summed E-state index contributed by atoms with van der Waals surface area (Å²) in [5.41, 5.74) is 4.15. The van der Waals surface area contributed by atoms with Crippen molar-refractivity contribution in [1.82, 2.24) is 5.43 Å². The number of benzene rings is 1. The lowest BCUT2D eigenvalue weighted by Crippen LogP contribution is -2.42. The third kappa shape index (κ3) is 2.51. The number of para-hydroxylation sites is 1. The average Bonchev–Trinajstić information content (AvgIpc) is 2.86. The van der Waals surface area contributed by atoms with Gasteiger partial charge in [0.1, 0.15) is 11.9 Å². The molecule has 0 aliphatic carbocycles. The van der Waals surface area contributed by atoms with Crippen LogP contribution in [0.3, 0.4) is 0 Å². The molecule has 2 unspecified atom stereocenters. The monoisotopic (exact) mass is 292 g/mol. The van der Waals surface area contributed by atoms with Gasteiger partial charge in [0.05, 0.1) is 6.04 Å². The molecule has 2 atom stereocenters. The molecule has 0 saturated carbocycles. The first-order valence-corrected chi connectivity index (χ1v) is 8.04. The molecule has 2 aromatic rings. The van der Waals surface area contributed by atoms with Crippen molar-refractivity contribution in [2.45, 2.75) is 24.0 Å². The standard InChI is InChI=1S/C14H16N2OS2/c1-9-10(6-7-18-9)14(16-15)12-8-19-13-5-3-2-4-11(13)17-12/h2-7,12,14,16H,8,15H2,1H3. The number of thiophene rings is 1. The second kappa shape index (κ2) is 5.54. The Balaban J connectivity index is 1.85. The Kier molecular flexibility index (Phi) is 3.79. The number of nitrogens with one attached hydrogen (secondary N) is 1. The molecule has 3 N–H and O–H groups in total. The lowest BCUT2D eigenvalue weighted by Gasteiger charge is -2.31. The van der Waals surface area contributed by atoms with Gasteiger partial charge in [0, 0.05) is 15.5 Å². The average molecular weight is 292 g/mol. The molecular weight excluding hydrogens is 276 g/mol. The highest BCUT2D eigenvalue weighted by Gasteiger charge is 2.29. The molecule has 1 aliphatic heterocycles. The number of hydrogen-bond donors (Lipinski definition) is 2. The van der Waals surface area contributed by atoms with E-state index in [0.717, 1.165) is 11.5 Å². The Morgan fingerprint density at radius 1 is 1.37 bits per heavy atom. The summed E-state index contributed by atoms with van der Waals surface area (Å²) in [7, 11) is 0. The van der Waals surface area contributed by atoms with Gasteiger partial charge in [-0.15, -0.1) is 23.1 Å². The van der Waals surface area contributed by atoms with Gasteiger partial charge in [0.15, 0.2) is 0 Å². The van der Waals surface area contributed by atoms with Crippen molar-refractivity contribution >= 4 is 23.1 Å². The Morgan fingerprint density at radius 3 is 2.95 bits per heavy atom. The van der Waals surface area contributed by atoms with E-state index < -0.39 is 0 Å². The lowest BCUT2D eigenvalue weighted by molar-refractivity contribution is 0.167. The fourth-order valence-electron chi connectivity index (χ4n) is 2.31. The van der Waals surface area contributed by atoms with Crippen LogP contribution in [0.1, 0.15) is 16.5 Å². The van der Waals surface area contributed by atoms with Crippen LogP contribution in [0.5, 0.6) is 5.75 Å². The molecule has 0 bridgehead atoms. The predicted molar refractivity (Wildman–Crippen MR) is 80.7 cm³/mol. The molecule has 3 nitrogen and oxygen atoms in total. The van der Waals surface area contributed by atoms with Gasteiger partial charge in [-0.2, -0.15) is 0 Å². The van der Waals surface area contributed by atoms with Crippen LogP contribution >= 0.6 is 23.1 Å². The molecular formula is C14H16N2OS2. The smallest absolute Gasteiger partial charge is 0.133 e. The molecule has 2 heterocycles. The molecule has 0 saturated heterocycles. The molecule has 1 aromatic heterocycles. The normalized spacial score (nSPS) is 19.6. The van der Waals surface area contributed by atoms with Crippen LogP contribution in [-0.4, -0.2) is 11.9 Å². The number of aryl methyl sites for hydroxylation is 1. The number of hydrazine groups is 1. The largest absolute Gasteiger partial charge is 0.486 e. The summed E-state index contributed by atoms with van der Waals surface area (Å²) in [6.07, 6.45) is 0.0539. The van der Waals surface area contributed by atoms with E-state index in [-0.39, 0.29) is 12.1 Å². The van der Waals surface area contributed by atoms with Gasteiger partial charge < -0.3 is 4.74 Å².